The van der Waals surface area contributed by atoms with Crippen molar-refractivity contribution in [3.63, 3.8) is 0 Å². The Labute approximate surface area is 102 Å². The molecular formula is C11H12BrN3O. The monoisotopic (exact) mass is 281 g/mol. The van der Waals surface area contributed by atoms with Crippen LogP contribution in [0.3, 0.4) is 0 Å². The first-order valence-corrected chi connectivity index (χ1v) is 5.93. The van der Waals surface area contributed by atoms with E-state index in [1.165, 1.54) is 0 Å². The van der Waals surface area contributed by atoms with Crippen LogP contribution in [0, 0.1) is 0 Å². The van der Waals surface area contributed by atoms with Crippen molar-refractivity contribution >= 4 is 15.9 Å². The smallest absolute Gasteiger partial charge is 0.0701 e. The summed E-state index contributed by atoms with van der Waals surface area (Å²) < 4.78 is 1.02. The van der Waals surface area contributed by atoms with E-state index in [0.717, 1.165) is 22.9 Å². The van der Waals surface area contributed by atoms with Gasteiger partial charge in [-0.2, -0.15) is 0 Å². The lowest BCUT2D eigenvalue weighted by atomic mass is 9.89. The Morgan fingerprint density at radius 2 is 2.06 bits per heavy atom. The fourth-order valence-electron chi connectivity index (χ4n) is 2.11. The Morgan fingerprint density at radius 3 is 2.50 bits per heavy atom. The Hall–Kier alpha value is -1.03. The van der Waals surface area contributed by atoms with E-state index in [2.05, 4.69) is 26.0 Å². The van der Waals surface area contributed by atoms with Crippen molar-refractivity contribution in [1.82, 2.24) is 0 Å². The van der Waals surface area contributed by atoms with Gasteiger partial charge in [-0.15, -0.1) is 0 Å². The van der Waals surface area contributed by atoms with Gasteiger partial charge in [-0.1, -0.05) is 33.2 Å². The van der Waals surface area contributed by atoms with E-state index in [-0.39, 0.29) is 18.1 Å². The van der Waals surface area contributed by atoms with Crippen molar-refractivity contribution in [2.45, 2.75) is 24.3 Å². The highest BCUT2D eigenvalue weighted by atomic mass is 79.9. The number of hydrogen-bond donors (Lipinski definition) is 1. The van der Waals surface area contributed by atoms with Gasteiger partial charge in [-0.05, 0) is 36.1 Å². The molecule has 0 radical (unpaired) electrons. The maximum atomic E-state index is 9.27. The fraction of sp³-hybridized carbons (Fsp3) is 0.455. The van der Waals surface area contributed by atoms with Crippen LogP contribution < -0.4 is 0 Å². The van der Waals surface area contributed by atoms with Crippen LogP contribution in [0.2, 0.25) is 0 Å². The molecule has 1 N–H and O–H groups in total. The molecular weight excluding hydrogens is 270 g/mol. The fourth-order valence-corrected chi connectivity index (χ4v) is 2.38. The zero-order valence-electron chi connectivity index (χ0n) is 8.67. The Balaban J connectivity index is 2.31. The predicted molar refractivity (Wildman–Crippen MR) is 65.1 cm³/mol. The van der Waals surface area contributed by atoms with E-state index in [0.29, 0.717) is 0 Å². The molecule has 0 aliphatic heterocycles. The molecule has 2 rings (SSSR count). The van der Waals surface area contributed by atoms with Crippen LogP contribution >= 0.6 is 15.9 Å². The summed E-state index contributed by atoms with van der Waals surface area (Å²) in [6.07, 6.45) is 1.94. The van der Waals surface area contributed by atoms with Crippen molar-refractivity contribution in [1.29, 1.82) is 0 Å². The molecule has 0 amide bonds. The standard InChI is InChI=1S/C11H12BrN3O/c12-9-3-1-8(2-4-9)11(5-6-11)10(7-16)14-15-13/h1-4,10,16H,5-7H2. The van der Waals surface area contributed by atoms with Crippen molar-refractivity contribution in [2.75, 3.05) is 6.61 Å². The second kappa shape index (κ2) is 4.45. The van der Waals surface area contributed by atoms with Crippen LogP contribution in [-0.4, -0.2) is 17.8 Å². The minimum Gasteiger partial charge on any atom is -0.396 e. The summed E-state index contributed by atoms with van der Waals surface area (Å²) in [5, 5.41) is 13.0. The van der Waals surface area contributed by atoms with Crippen LogP contribution in [-0.2, 0) is 5.41 Å². The first kappa shape index (κ1) is 11.5. The van der Waals surface area contributed by atoms with Gasteiger partial charge in [-0.25, -0.2) is 0 Å². The zero-order valence-corrected chi connectivity index (χ0v) is 10.3. The SMILES string of the molecule is [N-]=[N+]=NC(CO)C1(c2ccc(Br)cc2)CC1. The third-order valence-electron chi connectivity index (χ3n) is 3.21. The van der Waals surface area contributed by atoms with Crippen molar-refractivity contribution in [3.05, 3.63) is 44.7 Å². The average Bonchev–Trinajstić information content (AvgIpc) is 3.08. The van der Waals surface area contributed by atoms with Gasteiger partial charge < -0.3 is 5.11 Å². The zero-order chi connectivity index (χ0) is 11.6. The molecule has 16 heavy (non-hydrogen) atoms. The van der Waals surface area contributed by atoms with Gasteiger partial charge in [0.25, 0.3) is 0 Å². The number of azide groups is 1. The molecule has 0 spiro atoms. The van der Waals surface area contributed by atoms with Gasteiger partial charge in [0.05, 0.1) is 12.6 Å². The number of aliphatic hydroxyl groups excluding tert-OH is 1. The van der Waals surface area contributed by atoms with Gasteiger partial charge in [0.15, 0.2) is 0 Å². The van der Waals surface area contributed by atoms with Crippen LogP contribution in [0.4, 0.5) is 0 Å². The van der Waals surface area contributed by atoms with E-state index in [1.54, 1.807) is 0 Å². The Kier molecular flexibility index (Phi) is 3.19. The van der Waals surface area contributed by atoms with E-state index in [4.69, 9.17) is 5.53 Å². The highest BCUT2D eigenvalue weighted by Crippen LogP contribution is 2.52. The molecule has 1 unspecified atom stereocenters. The van der Waals surface area contributed by atoms with E-state index in [9.17, 15) is 5.11 Å². The molecule has 0 bridgehead atoms. The third-order valence-corrected chi connectivity index (χ3v) is 3.74. The Bertz CT molecular complexity index is 421. The van der Waals surface area contributed by atoms with Gasteiger partial charge in [0, 0.05) is 14.8 Å². The molecule has 4 nitrogen and oxygen atoms in total. The maximum Gasteiger partial charge on any atom is 0.0701 e. The predicted octanol–water partition coefficient (Wildman–Crippen LogP) is 3.15. The average molecular weight is 282 g/mol. The molecule has 1 aromatic rings. The molecule has 1 aliphatic carbocycles. The van der Waals surface area contributed by atoms with Crippen molar-refractivity contribution in [2.24, 2.45) is 5.11 Å². The summed E-state index contributed by atoms with van der Waals surface area (Å²) in [4.78, 5) is 2.81. The molecule has 84 valence electrons. The summed E-state index contributed by atoms with van der Waals surface area (Å²) in [6.45, 7) is -0.0971. The Morgan fingerprint density at radius 1 is 1.44 bits per heavy atom. The van der Waals surface area contributed by atoms with Crippen molar-refractivity contribution in [3.8, 4) is 0 Å². The highest BCUT2D eigenvalue weighted by molar-refractivity contribution is 9.10. The largest absolute Gasteiger partial charge is 0.396 e. The van der Waals surface area contributed by atoms with Crippen LogP contribution in [0.25, 0.3) is 10.4 Å². The van der Waals surface area contributed by atoms with E-state index < -0.39 is 0 Å². The summed E-state index contributed by atoms with van der Waals surface area (Å²) in [7, 11) is 0. The minimum atomic E-state index is -0.348. The molecule has 0 heterocycles. The molecule has 1 saturated carbocycles. The summed E-state index contributed by atoms with van der Waals surface area (Å²) in [5.74, 6) is 0. The number of hydrogen-bond acceptors (Lipinski definition) is 2. The molecule has 1 atom stereocenters. The number of aliphatic hydroxyl groups is 1. The van der Waals surface area contributed by atoms with Gasteiger partial charge in [-0.3, -0.25) is 0 Å². The lowest BCUT2D eigenvalue weighted by Crippen LogP contribution is -2.27. The lowest BCUT2D eigenvalue weighted by Gasteiger charge is -2.21. The van der Waals surface area contributed by atoms with E-state index in [1.807, 2.05) is 24.3 Å². The number of halogens is 1. The highest BCUT2D eigenvalue weighted by Gasteiger charge is 2.50. The number of benzene rings is 1. The molecule has 0 saturated heterocycles. The van der Waals surface area contributed by atoms with Gasteiger partial charge in [0.2, 0.25) is 0 Å². The number of rotatable bonds is 4. The van der Waals surface area contributed by atoms with E-state index >= 15 is 0 Å². The maximum absolute atomic E-state index is 9.27. The second-order valence-electron chi connectivity index (χ2n) is 4.07. The van der Waals surface area contributed by atoms with Crippen LogP contribution in [0.5, 0.6) is 0 Å². The molecule has 0 aromatic heterocycles. The normalized spacial score (nSPS) is 18.6. The summed E-state index contributed by atoms with van der Waals surface area (Å²) in [5.41, 5.74) is 9.49. The molecule has 1 aliphatic rings. The summed E-state index contributed by atoms with van der Waals surface area (Å²) >= 11 is 3.39. The van der Waals surface area contributed by atoms with Gasteiger partial charge >= 0.3 is 0 Å². The number of nitrogens with zero attached hydrogens (tertiary/aromatic N) is 3. The summed E-state index contributed by atoms with van der Waals surface area (Å²) in [6, 6.07) is 7.64. The quantitative estimate of drug-likeness (QED) is 0.514. The van der Waals surface area contributed by atoms with Crippen LogP contribution in [0.1, 0.15) is 18.4 Å². The lowest BCUT2D eigenvalue weighted by molar-refractivity contribution is 0.242. The first-order valence-electron chi connectivity index (χ1n) is 5.14. The first-order chi connectivity index (χ1) is 7.73. The van der Waals surface area contributed by atoms with Crippen LogP contribution in [0.15, 0.2) is 33.9 Å². The second-order valence-corrected chi connectivity index (χ2v) is 4.98. The topological polar surface area (TPSA) is 69.0 Å². The molecule has 5 heteroatoms. The molecule has 1 fully saturated rings. The molecule has 1 aromatic carbocycles. The third kappa shape index (κ3) is 1.94. The van der Waals surface area contributed by atoms with Crippen molar-refractivity contribution < 1.29 is 5.11 Å². The minimum absolute atomic E-state index is 0.0971. The van der Waals surface area contributed by atoms with Gasteiger partial charge in [0.1, 0.15) is 0 Å².